The van der Waals surface area contributed by atoms with Crippen LogP contribution in [0.15, 0.2) is 78.3 Å². The Hall–Kier alpha value is -4.21. The van der Waals surface area contributed by atoms with Crippen molar-refractivity contribution in [3.8, 4) is 17.2 Å². The molecule has 1 aromatic heterocycles. The maximum atomic E-state index is 13.8. The molecule has 1 atom stereocenters. The Balaban J connectivity index is 1.47. The first kappa shape index (κ1) is 26.4. The van der Waals surface area contributed by atoms with Gasteiger partial charge in [0.25, 0.3) is 5.91 Å². The monoisotopic (exact) mass is 565 g/mol. The molecule has 39 heavy (non-hydrogen) atoms. The summed E-state index contributed by atoms with van der Waals surface area (Å²) < 4.78 is 18.5. The third-order valence-corrected chi connectivity index (χ3v) is 6.80. The maximum Gasteiger partial charge on any atom is 0.255 e. The van der Waals surface area contributed by atoms with E-state index in [2.05, 4.69) is 20.7 Å². The van der Waals surface area contributed by atoms with Gasteiger partial charge < -0.3 is 24.8 Å². The molecule has 1 aliphatic rings. The van der Waals surface area contributed by atoms with Crippen LogP contribution >= 0.6 is 23.2 Å². The maximum absolute atomic E-state index is 13.8. The lowest BCUT2D eigenvalue weighted by atomic mass is 9.94. The number of carbonyl (C=O) groups excluding carboxylic acids is 1. The fourth-order valence-corrected chi connectivity index (χ4v) is 4.72. The van der Waals surface area contributed by atoms with Crippen molar-refractivity contribution in [3.63, 3.8) is 0 Å². The van der Waals surface area contributed by atoms with Gasteiger partial charge in [0.1, 0.15) is 36.2 Å². The van der Waals surface area contributed by atoms with Crippen molar-refractivity contribution in [2.75, 3.05) is 24.9 Å². The molecule has 2 heterocycles. The van der Waals surface area contributed by atoms with Crippen LogP contribution in [0.25, 0.3) is 0 Å². The standard InChI is InChI=1S/C28H25Cl2N5O4/c1-16-25(27(36)34-22-13-23(37-2)21(30)12-24(22)38-3)26(35-28(33-16)31-15-32-35)18-5-4-6-20(11-18)39-14-17-7-9-19(29)10-8-17/h4-13,15,26H,14H2,1-3H3,(H,34,36)(H,31,32,33). The molecular formula is C28H25Cl2N5O4. The number of amides is 1. The summed E-state index contributed by atoms with van der Waals surface area (Å²) >= 11 is 12.2. The smallest absolute Gasteiger partial charge is 0.255 e. The number of rotatable bonds is 8. The molecule has 0 aliphatic carbocycles. The predicted octanol–water partition coefficient (Wildman–Crippen LogP) is 6.11. The largest absolute Gasteiger partial charge is 0.495 e. The molecule has 1 aliphatic heterocycles. The van der Waals surface area contributed by atoms with Crippen molar-refractivity contribution in [3.05, 3.63) is 99.4 Å². The summed E-state index contributed by atoms with van der Waals surface area (Å²) in [4.78, 5) is 18.1. The van der Waals surface area contributed by atoms with Gasteiger partial charge in [-0.05, 0) is 42.3 Å². The second-order valence-corrected chi connectivity index (χ2v) is 9.57. The molecule has 0 saturated heterocycles. The Bertz CT molecular complexity index is 1550. The van der Waals surface area contributed by atoms with Crippen LogP contribution in [0.1, 0.15) is 24.1 Å². The van der Waals surface area contributed by atoms with Crippen molar-refractivity contribution in [1.29, 1.82) is 0 Å². The highest BCUT2D eigenvalue weighted by molar-refractivity contribution is 6.32. The fraction of sp³-hybridized carbons (Fsp3) is 0.179. The lowest BCUT2D eigenvalue weighted by Gasteiger charge is -2.29. The predicted molar refractivity (Wildman–Crippen MR) is 150 cm³/mol. The normalized spacial score (nSPS) is 14.3. The van der Waals surface area contributed by atoms with Crippen LogP contribution in [-0.2, 0) is 11.4 Å². The summed E-state index contributed by atoms with van der Waals surface area (Å²) in [5, 5.41) is 11.6. The summed E-state index contributed by atoms with van der Waals surface area (Å²) in [5.74, 6) is 1.60. The van der Waals surface area contributed by atoms with Crippen molar-refractivity contribution in [1.82, 2.24) is 14.8 Å². The van der Waals surface area contributed by atoms with E-state index in [0.29, 0.717) is 56.8 Å². The van der Waals surface area contributed by atoms with Gasteiger partial charge >= 0.3 is 0 Å². The zero-order chi connectivity index (χ0) is 27.5. The molecule has 2 N–H and O–H groups in total. The number of nitrogens with one attached hydrogen (secondary N) is 2. The number of fused-ring (bicyclic) bond motifs is 1. The zero-order valence-corrected chi connectivity index (χ0v) is 22.9. The zero-order valence-electron chi connectivity index (χ0n) is 21.4. The molecule has 0 saturated carbocycles. The van der Waals surface area contributed by atoms with Gasteiger partial charge in [-0.3, -0.25) is 4.79 Å². The lowest BCUT2D eigenvalue weighted by Crippen LogP contribution is -2.31. The van der Waals surface area contributed by atoms with Crippen LogP contribution in [0.2, 0.25) is 10.0 Å². The fourth-order valence-electron chi connectivity index (χ4n) is 4.36. The first-order chi connectivity index (χ1) is 18.9. The van der Waals surface area contributed by atoms with E-state index in [0.717, 1.165) is 11.1 Å². The topological polar surface area (TPSA) is 99.5 Å². The van der Waals surface area contributed by atoms with Crippen LogP contribution in [0.4, 0.5) is 11.6 Å². The number of allylic oxidation sites excluding steroid dienone is 1. The Morgan fingerprint density at radius 3 is 2.56 bits per heavy atom. The molecule has 200 valence electrons. The minimum atomic E-state index is -0.581. The van der Waals surface area contributed by atoms with Crippen molar-refractivity contribution >= 4 is 40.7 Å². The van der Waals surface area contributed by atoms with E-state index < -0.39 is 6.04 Å². The molecule has 3 aromatic carbocycles. The Morgan fingerprint density at radius 2 is 1.82 bits per heavy atom. The van der Waals surface area contributed by atoms with Crippen LogP contribution in [0, 0.1) is 0 Å². The van der Waals surface area contributed by atoms with Crippen LogP contribution < -0.4 is 24.8 Å². The van der Waals surface area contributed by atoms with E-state index in [1.807, 2.05) is 55.5 Å². The third-order valence-electron chi connectivity index (χ3n) is 6.25. The minimum Gasteiger partial charge on any atom is -0.495 e. The number of halogens is 2. The lowest BCUT2D eigenvalue weighted by molar-refractivity contribution is -0.113. The SMILES string of the molecule is COc1cc(NC(=O)C2=C(C)Nc3ncnn3C2c2cccc(OCc3ccc(Cl)cc3)c2)c(OC)cc1Cl. The highest BCUT2D eigenvalue weighted by Crippen LogP contribution is 2.39. The van der Waals surface area contributed by atoms with Crippen LogP contribution in [0.5, 0.6) is 17.2 Å². The number of hydrogen-bond donors (Lipinski definition) is 2. The highest BCUT2D eigenvalue weighted by atomic mass is 35.5. The summed E-state index contributed by atoms with van der Waals surface area (Å²) in [7, 11) is 3.00. The molecule has 11 heteroatoms. The number of carbonyl (C=O) groups is 1. The van der Waals surface area contributed by atoms with Crippen molar-refractivity contribution in [2.24, 2.45) is 0 Å². The molecule has 0 bridgehead atoms. The van der Waals surface area contributed by atoms with Crippen molar-refractivity contribution < 1.29 is 19.0 Å². The minimum absolute atomic E-state index is 0.360. The molecular weight excluding hydrogens is 541 g/mol. The number of anilines is 2. The second-order valence-electron chi connectivity index (χ2n) is 8.72. The molecule has 1 unspecified atom stereocenters. The Kier molecular flexibility index (Phi) is 7.63. The van der Waals surface area contributed by atoms with Crippen molar-refractivity contribution in [2.45, 2.75) is 19.6 Å². The van der Waals surface area contributed by atoms with Gasteiger partial charge in [-0.2, -0.15) is 10.1 Å². The quantitative estimate of drug-likeness (QED) is 0.266. The number of nitrogens with zero attached hydrogens (tertiary/aromatic N) is 3. The number of methoxy groups -OCH3 is 2. The van der Waals surface area contributed by atoms with E-state index in [1.165, 1.54) is 20.5 Å². The third kappa shape index (κ3) is 5.50. The van der Waals surface area contributed by atoms with E-state index in [-0.39, 0.29) is 5.91 Å². The van der Waals surface area contributed by atoms with E-state index in [4.69, 9.17) is 37.4 Å². The first-order valence-corrected chi connectivity index (χ1v) is 12.7. The van der Waals surface area contributed by atoms with Gasteiger partial charge in [0.15, 0.2) is 0 Å². The first-order valence-electron chi connectivity index (χ1n) is 11.9. The molecule has 5 rings (SSSR count). The van der Waals surface area contributed by atoms with E-state index >= 15 is 0 Å². The van der Waals surface area contributed by atoms with Gasteiger partial charge in [-0.15, -0.1) is 0 Å². The Morgan fingerprint density at radius 1 is 1.05 bits per heavy atom. The van der Waals surface area contributed by atoms with Gasteiger partial charge in [0.2, 0.25) is 5.95 Å². The molecule has 4 aromatic rings. The molecule has 9 nitrogen and oxygen atoms in total. The average Bonchev–Trinajstić information content (AvgIpc) is 3.40. The molecule has 0 fully saturated rings. The van der Waals surface area contributed by atoms with E-state index in [1.54, 1.807) is 16.8 Å². The summed E-state index contributed by atoms with van der Waals surface area (Å²) in [6.07, 6.45) is 1.44. The number of hydrogen-bond acceptors (Lipinski definition) is 7. The van der Waals surface area contributed by atoms with Gasteiger partial charge in [-0.25, -0.2) is 4.68 Å². The van der Waals surface area contributed by atoms with Gasteiger partial charge in [0.05, 0.1) is 30.5 Å². The summed E-state index contributed by atoms with van der Waals surface area (Å²) in [6.45, 7) is 2.18. The van der Waals surface area contributed by atoms with Gasteiger partial charge in [-0.1, -0.05) is 47.5 Å². The molecule has 0 radical (unpaired) electrons. The van der Waals surface area contributed by atoms with E-state index in [9.17, 15) is 4.79 Å². The molecule has 0 spiro atoms. The van der Waals surface area contributed by atoms with Crippen LogP contribution in [0.3, 0.4) is 0 Å². The Labute approximate surface area is 235 Å². The summed E-state index contributed by atoms with van der Waals surface area (Å²) in [6, 6.07) is 17.6. The highest BCUT2D eigenvalue weighted by Gasteiger charge is 2.34. The number of benzene rings is 3. The number of ether oxygens (including phenoxy) is 3. The van der Waals surface area contributed by atoms with Crippen LogP contribution in [-0.4, -0.2) is 34.9 Å². The average molecular weight is 566 g/mol. The molecule has 1 amide bonds. The summed E-state index contributed by atoms with van der Waals surface area (Å²) in [5.41, 5.74) is 3.26. The number of aromatic nitrogens is 3. The second kappa shape index (κ2) is 11.3. The van der Waals surface area contributed by atoms with Gasteiger partial charge in [0, 0.05) is 22.9 Å².